The van der Waals surface area contributed by atoms with E-state index in [0.717, 1.165) is 27.1 Å². The van der Waals surface area contributed by atoms with Crippen LogP contribution in [0.4, 0.5) is 0 Å². The molecule has 0 heterocycles. The van der Waals surface area contributed by atoms with Crippen LogP contribution in [0.3, 0.4) is 0 Å². The fraction of sp³-hybridized carbons (Fsp3) is 0.158. The molecule has 0 amide bonds. The number of hydrazone groups is 1. The molecule has 0 aromatic heterocycles. The summed E-state index contributed by atoms with van der Waals surface area (Å²) >= 11 is 8.49. The summed E-state index contributed by atoms with van der Waals surface area (Å²) in [6.07, 6.45) is 3.41. The number of benzene rings is 2. The Labute approximate surface area is 167 Å². The number of hydrogen-bond acceptors (Lipinski definition) is 4. The lowest BCUT2D eigenvalue weighted by Gasteiger charge is -2.11. The molecule has 2 N–H and O–H groups in total. The van der Waals surface area contributed by atoms with Gasteiger partial charge < -0.3 is 14.8 Å². The van der Waals surface area contributed by atoms with Crippen LogP contribution in [0.25, 0.3) is 0 Å². The van der Waals surface area contributed by atoms with Crippen molar-refractivity contribution in [2.75, 3.05) is 13.7 Å². The van der Waals surface area contributed by atoms with Crippen LogP contribution in [0.5, 0.6) is 11.5 Å². The highest BCUT2D eigenvalue weighted by Crippen LogP contribution is 2.22. The maximum atomic E-state index is 5.83. The first-order valence-electron chi connectivity index (χ1n) is 7.85. The molecule has 0 unspecified atom stereocenters. The van der Waals surface area contributed by atoms with Crippen molar-refractivity contribution < 1.29 is 9.47 Å². The first kappa shape index (κ1) is 19.9. The zero-order valence-corrected chi connectivity index (χ0v) is 16.8. The largest absolute Gasteiger partial charge is 0.496 e. The van der Waals surface area contributed by atoms with Gasteiger partial charge in [-0.3, -0.25) is 5.43 Å². The maximum Gasteiger partial charge on any atom is 0.187 e. The summed E-state index contributed by atoms with van der Waals surface area (Å²) in [5.41, 5.74) is 4.58. The summed E-state index contributed by atoms with van der Waals surface area (Å²) in [6.45, 7) is 4.59. The fourth-order valence-electron chi connectivity index (χ4n) is 2.05. The van der Waals surface area contributed by atoms with Gasteiger partial charge in [-0.1, -0.05) is 22.0 Å². The van der Waals surface area contributed by atoms with Gasteiger partial charge in [0.2, 0.25) is 0 Å². The number of rotatable bonds is 8. The van der Waals surface area contributed by atoms with E-state index in [1.54, 1.807) is 19.4 Å². The van der Waals surface area contributed by atoms with Crippen LogP contribution in [-0.2, 0) is 6.61 Å². The standard InChI is InChI=1S/C19H20BrN3O2S/c1-3-10-21-19(26)23-22-12-14-4-9-18(24-2)15(11-14)13-25-17-7-5-16(20)6-8-17/h3-9,11-12H,1,10,13H2,2H3,(H2,21,23,26)/b22-12+. The summed E-state index contributed by atoms with van der Waals surface area (Å²) in [5.74, 6) is 1.55. The molecule has 0 saturated heterocycles. The SMILES string of the molecule is C=CCNC(=S)N/N=C/c1ccc(OC)c(COc2ccc(Br)cc2)c1. The molecule has 26 heavy (non-hydrogen) atoms. The Morgan fingerprint density at radius 2 is 2.04 bits per heavy atom. The summed E-state index contributed by atoms with van der Waals surface area (Å²) in [7, 11) is 1.64. The Morgan fingerprint density at radius 3 is 2.73 bits per heavy atom. The van der Waals surface area contributed by atoms with Crippen molar-refractivity contribution >= 4 is 39.5 Å². The molecule has 0 aliphatic rings. The molecule has 0 aliphatic carbocycles. The number of nitrogens with zero attached hydrogens (tertiary/aromatic N) is 1. The first-order valence-corrected chi connectivity index (χ1v) is 9.05. The van der Waals surface area contributed by atoms with Crippen molar-refractivity contribution in [1.82, 2.24) is 10.7 Å². The second kappa shape index (κ2) is 10.6. The predicted molar refractivity (Wildman–Crippen MR) is 113 cm³/mol. The number of hydrogen-bond donors (Lipinski definition) is 2. The molecule has 2 aromatic rings. The second-order valence-corrected chi connectivity index (χ2v) is 6.51. The van der Waals surface area contributed by atoms with E-state index in [4.69, 9.17) is 21.7 Å². The van der Waals surface area contributed by atoms with Crippen LogP contribution in [-0.4, -0.2) is 25.0 Å². The van der Waals surface area contributed by atoms with E-state index < -0.39 is 0 Å². The quantitative estimate of drug-likeness (QED) is 0.285. The Bertz CT molecular complexity index is 779. The van der Waals surface area contributed by atoms with Crippen LogP contribution in [0.2, 0.25) is 0 Å². The lowest BCUT2D eigenvalue weighted by atomic mass is 10.1. The third-order valence-corrected chi connectivity index (χ3v) is 4.06. The van der Waals surface area contributed by atoms with Gasteiger partial charge in [0.1, 0.15) is 18.1 Å². The molecule has 0 atom stereocenters. The van der Waals surface area contributed by atoms with Crippen molar-refractivity contribution in [2.45, 2.75) is 6.61 Å². The number of halogens is 1. The Balaban J connectivity index is 2.01. The first-order chi connectivity index (χ1) is 12.6. The van der Waals surface area contributed by atoms with Gasteiger partial charge in [-0.25, -0.2) is 0 Å². The number of thiocarbonyl (C=S) groups is 1. The van der Waals surface area contributed by atoms with Crippen molar-refractivity contribution in [3.05, 3.63) is 70.7 Å². The topological polar surface area (TPSA) is 54.9 Å². The molecule has 0 saturated carbocycles. The van der Waals surface area contributed by atoms with Gasteiger partial charge in [-0.2, -0.15) is 5.10 Å². The third-order valence-electron chi connectivity index (χ3n) is 3.30. The monoisotopic (exact) mass is 433 g/mol. The minimum Gasteiger partial charge on any atom is -0.496 e. The van der Waals surface area contributed by atoms with E-state index in [9.17, 15) is 0 Å². The van der Waals surface area contributed by atoms with Crippen molar-refractivity contribution in [3.63, 3.8) is 0 Å². The fourth-order valence-corrected chi connectivity index (χ4v) is 2.45. The molecule has 2 aromatic carbocycles. The van der Waals surface area contributed by atoms with Gasteiger partial charge in [0, 0.05) is 16.6 Å². The third kappa shape index (κ3) is 6.50. The van der Waals surface area contributed by atoms with Gasteiger partial charge in [0.25, 0.3) is 0 Å². The normalized spacial score (nSPS) is 10.4. The molecule has 0 radical (unpaired) electrons. The molecule has 136 valence electrons. The highest BCUT2D eigenvalue weighted by atomic mass is 79.9. The summed E-state index contributed by atoms with van der Waals surface area (Å²) < 4.78 is 12.2. The van der Waals surface area contributed by atoms with Crippen molar-refractivity contribution in [3.8, 4) is 11.5 Å². The molecule has 0 spiro atoms. The lowest BCUT2D eigenvalue weighted by Crippen LogP contribution is -2.31. The van der Waals surface area contributed by atoms with E-state index in [1.165, 1.54) is 0 Å². The van der Waals surface area contributed by atoms with Gasteiger partial charge in [-0.15, -0.1) is 6.58 Å². The molecule has 2 rings (SSSR count). The molecule has 0 fully saturated rings. The predicted octanol–water partition coefficient (Wildman–Crippen LogP) is 4.02. The molecule has 7 heteroatoms. The second-order valence-electron chi connectivity index (χ2n) is 5.18. The minimum absolute atomic E-state index is 0.388. The summed E-state index contributed by atoms with van der Waals surface area (Å²) in [4.78, 5) is 0. The number of nitrogens with one attached hydrogen (secondary N) is 2. The van der Waals surface area contributed by atoms with E-state index in [0.29, 0.717) is 18.3 Å². The highest BCUT2D eigenvalue weighted by Gasteiger charge is 2.05. The van der Waals surface area contributed by atoms with Gasteiger partial charge in [-0.05, 0) is 60.2 Å². The molecule has 0 bridgehead atoms. The van der Waals surface area contributed by atoms with E-state index in [2.05, 4.69) is 38.4 Å². The van der Waals surface area contributed by atoms with Gasteiger partial charge in [0.05, 0.1) is 13.3 Å². The van der Waals surface area contributed by atoms with E-state index >= 15 is 0 Å². The van der Waals surface area contributed by atoms with Gasteiger partial charge in [0.15, 0.2) is 5.11 Å². The molecule has 0 aliphatic heterocycles. The Kier molecular flexibility index (Phi) is 8.11. The Morgan fingerprint density at radius 1 is 1.27 bits per heavy atom. The van der Waals surface area contributed by atoms with Gasteiger partial charge >= 0.3 is 0 Å². The smallest absolute Gasteiger partial charge is 0.187 e. The molecular weight excluding hydrogens is 414 g/mol. The number of ether oxygens (including phenoxy) is 2. The minimum atomic E-state index is 0.388. The van der Waals surface area contributed by atoms with Crippen LogP contribution in [0.15, 0.2) is 64.7 Å². The lowest BCUT2D eigenvalue weighted by molar-refractivity contribution is 0.296. The van der Waals surface area contributed by atoms with Crippen LogP contribution in [0.1, 0.15) is 11.1 Å². The maximum absolute atomic E-state index is 5.83. The van der Waals surface area contributed by atoms with Crippen LogP contribution < -0.4 is 20.2 Å². The van der Waals surface area contributed by atoms with E-state index in [1.807, 2.05) is 42.5 Å². The van der Waals surface area contributed by atoms with Crippen LogP contribution >= 0.6 is 28.1 Å². The van der Waals surface area contributed by atoms with E-state index in [-0.39, 0.29) is 0 Å². The summed E-state index contributed by atoms with van der Waals surface area (Å²) in [5, 5.41) is 7.49. The zero-order valence-electron chi connectivity index (χ0n) is 14.4. The van der Waals surface area contributed by atoms with Crippen molar-refractivity contribution in [2.24, 2.45) is 5.10 Å². The average molecular weight is 434 g/mol. The molecular formula is C19H20BrN3O2S. The summed E-state index contributed by atoms with van der Waals surface area (Å²) in [6, 6.07) is 13.4. The Hall–Kier alpha value is -2.38. The van der Waals surface area contributed by atoms with Crippen LogP contribution in [0, 0.1) is 0 Å². The highest BCUT2D eigenvalue weighted by molar-refractivity contribution is 9.10. The zero-order chi connectivity index (χ0) is 18.8. The number of methoxy groups -OCH3 is 1. The average Bonchev–Trinajstić information content (AvgIpc) is 2.66. The van der Waals surface area contributed by atoms with Crippen molar-refractivity contribution in [1.29, 1.82) is 0 Å². The molecule has 5 nitrogen and oxygen atoms in total.